The summed E-state index contributed by atoms with van der Waals surface area (Å²) in [7, 11) is 0. The van der Waals surface area contributed by atoms with Gasteiger partial charge < -0.3 is 9.26 Å². The number of carbonyl (C=O) groups excluding carboxylic acids is 1. The maximum Gasteiger partial charge on any atom is 0.306 e. The van der Waals surface area contributed by atoms with Gasteiger partial charge in [-0.15, -0.1) is 0 Å². The molecule has 0 spiro atoms. The van der Waals surface area contributed by atoms with E-state index in [1.807, 2.05) is 20.8 Å². The Kier molecular flexibility index (Phi) is 3.22. The van der Waals surface area contributed by atoms with E-state index >= 15 is 0 Å². The minimum atomic E-state index is -0.439. The van der Waals surface area contributed by atoms with Crippen molar-refractivity contribution in [2.45, 2.75) is 39.2 Å². The van der Waals surface area contributed by atoms with Gasteiger partial charge in [0.1, 0.15) is 5.60 Å². The second-order valence-corrected chi connectivity index (χ2v) is 3.92. The first-order valence-corrected chi connectivity index (χ1v) is 4.45. The fourth-order valence-corrected chi connectivity index (χ4v) is 0.908. The molecule has 0 N–H and O–H groups in total. The van der Waals surface area contributed by atoms with Gasteiger partial charge in [0.25, 0.3) is 0 Å². The molecule has 0 saturated carbocycles. The Morgan fingerprint density at radius 1 is 1.57 bits per heavy atom. The first-order chi connectivity index (χ1) is 6.47. The molecule has 0 saturated heterocycles. The van der Waals surface area contributed by atoms with Crippen LogP contribution >= 0.6 is 0 Å². The lowest BCUT2D eigenvalue weighted by molar-refractivity contribution is -0.154. The van der Waals surface area contributed by atoms with Gasteiger partial charge in [0, 0.05) is 6.42 Å². The largest absolute Gasteiger partial charge is 0.460 e. The first kappa shape index (κ1) is 10.7. The Labute approximate surface area is 82.4 Å². The fraction of sp³-hybridized carbons (Fsp3) is 0.667. The van der Waals surface area contributed by atoms with Crippen molar-refractivity contribution in [3.63, 3.8) is 0 Å². The summed E-state index contributed by atoms with van der Waals surface area (Å²) in [5, 5.41) is 3.44. The lowest BCUT2D eigenvalue weighted by atomic mass is 10.2. The van der Waals surface area contributed by atoms with Crippen molar-refractivity contribution in [2.24, 2.45) is 0 Å². The SMILES string of the molecule is CC(C)(C)OC(=O)CCc1ncno1. The van der Waals surface area contributed by atoms with Gasteiger partial charge in [0.15, 0.2) is 6.33 Å². The van der Waals surface area contributed by atoms with Crippen LogP contribution in [0, 0.1) is 0 Å². The summed E-state index contributed by atoms with van der Waals surface area (Å²) in [5.74, 6) is 0.201. The Morgan fingerprint density at radius 3 is 2.79 bits per heavy atom. The van der Waals surface area contributed by atoms with Gasteiger partial charge in [-0.2, -0.15) is 4.98 Å². The minimum absolute atomic E-state index is 0.254. The molecule has 0 radical (unpaired) electrons. The molecular formula is C9H14N2O3. The van der Waals surface area contributed by atoms with Crippen LogP contribution in [0.2, 0.25) is 0 Å². The van der Waals surface area contributed by atoms with Gasteiger partial charge in [0.05, 0.1) is 6.42 Å². The molecule has 1 aromatic heterocycles. The number of hydrogen-bond acceptors (Lipinski definition) is 5. The summed E-state index contributed by atoms with van der Waals surface area (Å²) in [6, 6.07) is 0. The van der Waals surface area contributed by atoms with Crippen LogP contribution in [0.25, 0.3) is 0 Å². The third-order valence-corrected chi connectivity index (χ3v) is 1.37. The molecule has 0 fully saturated rings. The van der Waals surface area contributed by atoms with E-state index in [1.165, 1.54) is 6.33 Å². The van der Waals surface area contributed by atoms with Gasteiger partial charge in [0.2, 0.25) is 5.89 Å². The van der Waals surface area contributed by atoms with E-state index in [4.69, 9.17) is 9.26 Å². The molecule has 0 bridgehead atoms. The predicted molar refractivity (Wildman–Crippen MR) is 48.5 cm³/mol. The topological polar surface area (TPSA) is 65.2 Å². The summed E-state index contributed by atoms with van der Waals surface area (Å²) < 4.78 is 9.85. The minimum Gasteiger partial charge on any atom is -0.460 e. The van der Waals surface area contributed by atoms with Crippen molar-refractivity contribution >= 4 is 5.97 Å². The molecule has 0 atom stereocenters. The molecule has 0 unspecified atom stereocenters. The molecule has 1 heterocycles. The number of aryl methyl sites for hydroxylation is 1. The summed E-state index contributed by atoms with van der Waals surface area (Å²) in [4.78, 5) is 15.0. The lowest BCUT2D eigenvalue weighted by Gasteiger charge is -2.19. The highest BCUT2D eigenvalue weighted by molar-refractivity contribution is 5.69. The Bertz CT molecular complexity index is 288. The summed E-state index contributed by atoms with van der Waals surface area (Å²) in [5.41, 5.74) is -0.439. The molecule has 1 aromatic rings. The molecule has 1 rings (SSSR count). The zero-order valence-corrected chi connectivity index (χ0v) is 8.61. The molecule has 5 heteroatoms. The number of ether oxygens (including phenoxy) is 1. The molecule has 0 aromatic carbocycles. The Balaban J connectivity index is 2.29. The first-order valence-electron chi connectivity index (χ1n) is 4.45. The zero-order chi connectivity index (χ0) is 10.6. The van der Waals surface area contributed by atoms with E-state index in [2.05, 4.69) is 10.1 Å². The van der Waals surface area contributed by atoms with Crippen LogP contribution in [-0.2, 0) is 16.0 Å². The smallest absolute Gasteiger partial charge is 0.306 e. The number of rotatable bonds is 3. The average Bonchev–Trinajstić information content (AvgIpc) is 2.49. The summed E-state index contributed by atoms with van der Waals surface area (Å²) in [6.45, 7) is 5.49. The van der Waals surface area contributed by atoms with Crippen molar-refractivity contribution < 1.29 is 14.1 Å². The molecule has 5 nitrogen and oxygen atoms in total. The monoisotopic (exact) mass is 198 g/mol. The number of hydrogen-bond donors (Lipinski definition) is 0. The van der Waals surface area contributed by atoms with Crippen LogP contribution in [0.4, 0.5) is 0 Å². The maximum atomic E-state index is 11.2. The number of esters is 1. The molecule has 14 heavy (non-hydrogen) atoms. The average molecular weight is 198 g/mol. The molecule has 0 aliphatic carbocycles. The van der Waals surface area contributed by atoms with Crippen molar-refractivity contribution in [1.29, 1.82) is 0 Å². The Hall–Kier alpha value is -1.39. The summed E-state index contributed by atoms with van der Waals surface area (Å²) >= 11 is 0. The van der Waals surface area contributed by atoms with Crippen LogP contribution < -0.4 is 0 Å². The van der Waals surface area contributed by atoms with E-state index in [0.29, 0.717) is 12.3 Å². The van der Waals surface area contributed by atoms with Gasteiger partial charge in [-0.05, 0) is 20.8 Å². The highest BCUT2D eigenvalue weighted by Gasteiger charge is 2.16. The predicted octanol–water partition coefficient (Wildman–Crippen LogP) is 1.34. The molecule has 0 aliphatic heterocycles. The lowest BCUT2D eigenvalue weighted by Crippen LogP contribution is -2.24. The van der Waals surface area contributed by atoms with E-state index < -0.39 is 5.60 Å². The van der Waals surface area contributed by atoms with Crippen LogP contribution in [0.1, 0.15) is 33.1 Å². The number of carbonyl (C=O) groups is 1. The van der Waals surface area contributed by atoms with Crippen molar-refractivity contribution in [3.05, 3.63) is 12.2 Å². The highest BCUT2D eigenvalue weighted by atomic mass is 16.6. The number of nitrogens with zero attached hydrogens (tertiary/aromatic N) is 2. The zero-order valence-electron chi connectivity index (χ0n) is 8.61. The third-order valence-electron chi connectivity index (χ3n) is 1.37. The van der Waals surface area contributed by atoms with Crippen molar-refractivity contribution in [1.82, 2.24) is 10.1 Å². The van der Waals surface area contributed by atoms with Crippen molar-refractivity contribution in [2.75, 3.05) is 0 Å². The fourth-order valence-electron chi connectivity index (χ4n) is 0.908. The normalized spacial score (nSPS) is 11.4. The van der Waals surface area contributed by atoms with Crippen LogP contribution in [0.5, 0.6) is 0 Å². The quantitative estimate of drug-likeness (QED) is 0.686. The van der Waals surface area contributed by atoms with Gasteiger partial charge in [-0.3, -0.25) is 4.79 Å². The Morgan fingerprint density at radius 2 is 2.29 bits per heavy atom. The van der Waals surface area contributed by atoms with E-state index in [9.17, 15) is 4.79 Å². The van der Waals surface area contributed by atoms with Crippen LogP contribution in [0.15, 0.2) is 10.9 Å². The molecule has 78 valence electrons. The van der Waals surface area contributed by atoms with Gasteiger partial charge in [-0.25, -0.2) is 0 Å². The van der Waals surface area contributed by atoms with Crippen LogP contribution in [-0.4, -0.2) is 21.7 Å². The van der Waals surface area contributed by atoms with Crippen molar-refractivity contribution in [3.8, 4) is 0 Å². The van der Waals surface area contributed by atoms with Gasteiger partial charge in [-0.1, -0.05) is 5.16 Å². The third kappa shape index (κ3) is 4.02. The molecular weight excluding hydrogens is 184 g/mol. The van der Waals surface area contributed by atoms with Crippen LogP contribution in [0.3, 0.4) is 0 Å². The van der Waals surface area contributed by atoms with E-state index in [1.54, 1.807) is 0 Å². The standard InChI is InChI=1S/C9H14N2O3/c1-9(2,3)13-8(12)5-4-7-10-6-11-14-7/h6H,4-5H2,1-3H3. The second-order valence-electron chi connectivity index (χ2n) is 3.92. The molecule has 0 amide bonds. The highest BCUT2D eigenvalue weighted by Crippen LogP contribution is 2.09. The summed E-state index contributed by atoms with van der Waals surface area (Å²) in [6.07, 6.45) is 2.00. The van der Waals surface area contributed by atoms with Gasteiger partial charge >= 0.3 is 5.97 Å². The molecule has 0 aliphatic rings. The maximum absolute atomic E-state index is 11.2. The number of aromatic nitrogens is 2. The van der Waals surface area contributed by atoms with E-state index in [-0.39, 0.29) is 12.4 Å². The van der Waals surface area contributed by atoms with E-state index in [0.717, 1.165) is 0 Å². The second kappa shape index (κ2) is 4.21.